The molecule has 37 heavy (non-hydrogen) atoms. The fraction of sp³-hybridized carbons (Fsp3) is 0.586. The summed E-state index contributed by atoms with van der Waals surface area (Å²) >= 11 is 1.01. The van der Waals surface area contributed by atoms with Gasteiger partial charge in [-0.2, -0.15) is 5.10 Å². The number of thioether (sulfide) groups is 1. The van der Waals surface area contributed by atoms with Gasteiger partial charge in [0.1, 0.15) is 11.4 Å². The first kappa shape index (κ1) is 25.3. The van der Waals surface area contributed by atoms with Crippen LogP contribution in [-0.4, -0.2) is 54.3 Å². The summed E-state index contributed by atoms with van der Waals surface area (Å²) in [6.07, 6.45) is 7.66. The van der Waals surface area contributed by atoms with Gasteiger partial charge in [-0.25, -0.2) is 9.07 Å². The molecule has 8 heteroatoms. The predicted octanol–water partition coefficient (Wildman–Crippen LogP) is 4.15. The van der Waals surface area contributed by atoms with E-state index >= 15 is 0 Å². The second-order valence-electron chi connectivity index (χ2n) is 12.0. The smallest absolute Gasteiger partial charge is 0.221 e. The highest BCUT2D eigenvalue weighted by molar-refractivity contribution is 8.13. The van der Waals surface area contributed by atoms with Crippen molar-refractivity contribution in [3.8, 4) is 5.69 Å². The van der Waals surface area contributed by atoms with Gasteiger partial charge in [0.25, 0.3) is 0 Å². The van der Waals surface area contributed by atoms with Crippen LogP contribution in [0.15, 0.2) is 36.0 Å². The van der Waals surface area contributed by atoms with Crippen LogP contribution >= 0.6 is 11.8 Å². The molecule has 1 aromatic carbocycles. The normalized spacial score (nSPS) is 38.3. The number of rotatable bonds is 4. The van der Waals surface area contributed by atoms with Crippen LogP contribution in [0.3, 0.4) is 0 Å². The Labute approximate surface area is 221 Å². The van der Waals surface area contributed by atoms with Crippen molar-refractivity contribution < 1.29 is 24.5 Å². The largest absolute Gasteiger partial charge is 0.396 e. The topological polar surface area (TPSA) is 95.6 Å². The minimum absolute atomic E-state index is 0.0374. The van der Waals surface area contributed by atoms with Crippen molar-refractivity contribution in [2.45, 2.75) is 64.1 Å². The second kappa shape index (κ2) is 8.76. The van der Waals surface area contributed by atoms with E-state index in [0.29, 0.717) is 12.8 Å². The Kier molecular flexibility index (Phi) is 5.99. The lowest BCUT2D eigenvalue weighted by molar-refractivity contribution is -0.173. The Balaban J connectivity index is 1.33. The standard InChI is InChI=1S/C29H35FN2O4S/c1-27-14-17-16-31-32(20-6-4-19(30)5-7-20)23(17)13-18(27)3-8-21-22-9-10-29(36,26(35)37-12-11-33)28(22,2)15-24(34)25(21)27/h4-7,13,16,21-22,24-25,33-34,36H,3,8-12,14-15H2,1-2H3/t21-,22-,24-,25+,27-,28-,29-/m0/s1. The third-order valence-corrected chi connectivity index (χ3v) is 11.3. The van der Waals surface area contributed by atoms with Gasteiger partial charge in [0, 0.05) is 11.2 Å². The molecule has 3 saturated carbocycles. The summed E-state index contributed by atoms with van der Waals surface area (Å²) in [6, 6.07) is 6.36. The van der Waals surface area contributed by atoms with E-state index < -0.39 is 17.1 Å². The molecule has 1 heterocycles. The van der Waals surface area contributed by atoms with Gasteiger partial charge in [-0.1, -0.05) is 31.2 Å². The summed E-state index contributed by atoms with van der Waals surface area (Å²) in [5.41, 5.74) is 1.89. The molecule has 7 atom stereocenters. The van der Waals surface area contributed by atoms with Crippen molar-refractivity contribution in [3.63, 3.8) is 0 Å². The maximum absolute atomic E-state index is 13.5. The van der Waals surface area contributed by atoms with Gasteiger partial charge in [-0.05, 0) is 97.6 Å². The van der Waals surface area contributed by atoms with Crippen LogP contribution in [-0.2, 0) is 11.2 Å². The molecular weight excluding hydrogens is 491 g/mol. The molecule has 2 aromatic rings. The molecule has 0 bridgehead atoms. The molecule has 0 radical (unpaired) electrons. The molecule has 0 amide bonds. The monoisotopic (exact) mass is 526 g/mol. The fourth-order valence-electron chi connectivity index (χ4n) is 8.57. The molecule has 3 N–H and O–H groups in total. The highest BCUT2D eigenvalue weighted by Gasteiger charge is 2.68. The third kappa shape index (κ3) is 3.55. The summed E-state index contributed by atoms with van der Waals surface area (Å²) in [5.74, 6) is 0.409. The van der Waals surface area contributed by atoms with Gasteiger partial charge in [-0.15, -0.1) is 0 Å². The zero-order valence-electron chi connectivity index (χ0n) is 21.4. The summed E-state index contributed by atoms with van der Waals surface area (Å²) in [6.45, 7) is 4.16. The number of halogens is 1. The Hall–Kier alpha value is -2.00. The van der Waals surface area contributed by atoms with Crippen molar-refractivity contribution in [2.24, 2.45) is 28.6 Å². The maximum atomic E-state index is 13.5. The Bertz CT molecular complexity index is 1260. The number of benzene rings is 1. The zero-order valence-corrected chi connectivity index (χ0v) is 22.2. The predicted molar refractivity (Wildman–Crippen MR) is 140 cm³/mol. The summed E-state index contributed by atoms with van der Waals surface area (Å²) in [4.78, 5) is 13.1. The zero-order chi connectivity index (χ0) is 26.2. The van der Waals surface area contributed by atoms with Gasteiger partial charge >= 0.3 is 0 Å². The van der Waals surface area contributed by atoms with E-state index in [1.165, 1.54) is 17.7 Å². The van der Waals surface area contributed by atoms with Crippen LogP contribution < -0.4 is 0 Å². The maximum Gasteiger partial charge on any atom is 0.221 e. The van der Waals surface area contributed by atoms with Crippen LogP contribution in [0.1, 0.15) is 57.2 Å². The average molecular weight is 527 g/mol. The van der Waals surface area contributed by atoms with Crippen LogP contribution in [0.5, 0.6) is 0 Å². The van der Waals surface area contributed by atoms with E-state index in [2.05, 4.69) is 18.1 Å². The summed E-state index contributed by atoms with van der Waals surface area (Å²) in [7, 11) is 0. The van der Waals surface area contributed by atoms with Gasteiger partial charge in [-0.3, -0.25) is 4.79 Å². The lowest BCUT2D eigenvalue weighted by Gasteiger charge is -2.60. The average Bonchev–Trinajstić information content (AvgIpc) is 3.38. The number of hydrogen-bond donors (Lipinski definition) is 3. The van der Waals surface area contributed by atoms with Crippen LogP contribution in [0.2, 0.25) is 0 Å². The molecule has 198 valence electrons. The van der Waals surface area contributed by atoms with Crippen molar-refractivity contribution in [1.29, 1.82) is 0 Å². The van der Waals surface area contributed by atoms with Gasteiger partial charge in [0.15, 0.2) is 0 Å². The van der Waals surface area contributed by atoms with E-state index in [1.54, 1.807) is 12.1 Å². The molecule has 1 aromatic heterocycles. The number of hydrogen-bond acceptors (Lipinski definition) is 6. The molecular formula is C29H35FN2O4S. The van der Waals surface area contributed by atoms with Crippen molar-refractivity contribution in [2.75, 3.05) is 12.4 Å². The molecule has 4 aliphatic rings. The minimum atomic E-state index is -1.48. The van der Waals surface area contributed by atoms with E-state index in [1.807, 2.05) is 17.8 Å². The minimum Gasteiger partial charge on any atom is -0.396 e. The quantitative estimate of drug-likeness (QED) is 0.554. The van der Waals surface area contributed by atoms with E-state index in [0.717, 1.165) is 54.4 Å². The molecule has 0 saturated heterocycles. The highest BCUT2D eigenvalue weighted by Crippen LogP contribution is 2.68. The number of aliphatic hydroxyl groups excluding tert-OH is 2. The van der Waals surface area contributed by atoms with Crippen LogP contribution in [0.4, 0.5) is 4.39 Å². The first-order valence-electron chi connectivity index (χ1n) is 13.3. The first-order valence-corrected chi connectivity index (χ1v) is 14.3. The Morgan fingerprint density at radius 1 is 1.24 bits per heavy atom. The highest BCUT2D eigenvalue weighted by atomic mass is 32.2. The molecule has 0 spiro atoms. The second-order valence-corrected chi connectivity index (χ2v) is 13.1. The van der Waals surface area contributed by atoms with Gasteiger partial charge < -0.3 is 15.3 Å². The Morgan fingerprint density at radius 2 is 2.00 bits per heavy atom. The summed E-state index contributed by atoms with van der Waals surface area (Å²) < 4.78 is 15.4. The fourth-order valence-corrected chi connectivity index (χ4v) is 9.42. The molecule has 0 unspecified atom stereocenters. The summed E-state index contributed by atoms with van der Waals surface area (Å²) in [5, 5.41) is 37.0. The van der Waals surface area contributed by atoms with E-state index in [4.69, 9.17) is 0 Å². The van der Waals surface area contributed by atoms with E-state index in [-0.39, 0.29) is 46.5 Å². The number of nitrogens with zero attached hydrogens (tertiary/aromatic N) is 2. The molecule has 6 rings (SSSR count). The van der Waals surface area contributed by atoms with E-state index in [9.17, 15) is 24.5 Å². The van der Waals surface area contributed by atoms with Gasteiger partial charge in [0.2, 0.25) is 5.12 Å². The van der Waals surface area contributed by atoms with Gasteiger partial charge in [0.05, 0.1) is 30.3 Å². The number of fused-ring (bicyclic) bond motifs is 6. The number of aliphatic hydroxyl groups is 3. The molecule has 3 fully saturated rings. The number of aromatic nitrogens is 2. The Morgan fingerprint density at radius 3 is 2.73 bits per heavy atom. The van der Waals surface area contributed by atoms with Crippen LogP contribution in [0.25, 0.3) is 11.8 Å². The number of carbonyl (C=O) groups excluding carboxylic acids is 1. The lowest BCUT2D eigenvalue weighted by Crippen LogP contribution is -2.61. The van der Waals surface area contributed by atoms with Crippen molar-refractivity contribution in [3.05, 3.63) is 53.1 Å². The molecule has 6 nitrogen and oxygen atoms in total. The molecule has 4 aliphatic carbocycles. The SMILES string of the molecule is C[C@]12Cc3cnn(-c4ccc(F)cc4)c3C=C1CC[C@@H]1[C@@H]2[C@@H](O)C[C@@]2(C)[C@H]1CC[C@]2(O)C(=O)SCCO. The molecule has 0 aliphatic heterocycles. The van der Waals surface area contributed by atoms with Crippen LogP contribution in [0, 0.1) is 34.4 Å². The lowest BCUT2D eigenvalue weighted by atomic mass is 9.45. The number of carbonyl (C=O) groups is 1. The third-order valence-electron chi connectivity index (χ3n) is 10.3. The van der Waals surface area contributed by atoms with Crippen molar-refractivity contribution in [1.82, 2.24) is 9.78 Å². The first-order chi connectivity index (χ1) is 17.6. The number of allylic oxidation sites excluding steroid dienone is 1. The van der Waals surface area contributed by atoms with Crippen molar-refractivity contribution >= 4 is 23.0 Å².